The summed E-state index contributed by atoms with van der Waals surface area (Å²) in [6.07, 6.45) is -4.38. The predicted molar refractivity (Wildman–Crippen MR) is 67.9 cm³/mol. The van der Waals surface area contributed by atoms with E-state index >= 15 is 0 Å². The third-order valence-corrected chi connectivity index (χ3v) is 4.27. The summed E-state index contributed by atoms with van der Waals surface area (Å²) in [5, 5.41) is 10.3. The molecule has 20 heavy (non-hydrogen) atoms. The summed E-state index contributed by atoms with van der Waals surface area (Å²) in [6, 6.07) is 3.37. The zero-order valence-corrected chi connectivity index (χ0v) is 11.4. The second kappa shape index (κ2) is 5.90. The van der Waals surface area contributed by atoms with Gasteiger partial charge in [0, 0.05) is 16.5 Å². The van der Waals surface area contributed by atoms with Gasteiger partial charge in [0.15, 0.2) is 0 Å². The molecule has 1 fully saturated rings. The van der Waals surface area contributed by atoms with E-state index in [1.54, 1.807) is 0 Å². The second-order valence-electron chi connectivity index (χ2n) is 5.21. The number of benzene rings is 1. The van der Waals surface area contributed by atoms with Crippen LogP contribution in [0.15, 0.2) is 18.2 Å². The average molecular weight is 311 g/mol. The van der Waals surface area contributed by atoms with Gasteiger partial charge in [-0.25, -0.2) is 4.39 Å². The highest BCUT2D eigenvalue weighted by atomic mass is 35.5. The molecule has 2 rings (SSSR count). The van der Waals surface area contributed by atoms with Crippen molar-refractivity contribution in [3.05, 3.63) is 34.6 Å². The Balaban J connectivity index is 2.30. The van der Waals surface area contributed by atoms with Gasteiger partial charge in [-0.15, -0.1) is 0 Å². The Kier molecular flexibility index (Phi) is 4.59. The summed E-state index contributed by atoms with van der Waals surface area (Å²) in [5.41, 5.74) is 0.0350. The van der Waals surface area contributed by atoms with Crippen molar-refractivity contribution in [2.45, 2.75) is 38.0 Å². The fourth-order valence-electron chi connectivity index (χ4n) is 2.92. The van der Waals surface area contributed by atoms with Crippen LogP contribution in [0.2, 0.25) is 5.02 Å². The van der Waals surface area contributed by atoms with Crippen LogP contribution in [0.1, 0.15) is 37.4 Å². The molecule has 0 spiro atoms. The van der Waals surface area contributed by atoms with Crippen LogP contribution in [0.5, 0.6) is 0 Å². The summed E-state index contributed by atoms with van der Waals surface area (Å²) in [5.74, 6) is -3.16. The largest absolute Gasteiger partial charge is 0.392 e. The number of hydrogen-bond acceptors (Lipinski definition) is 1. The maximum absolute atomic E-state index is 13.2. The maximum Gasteiger partial charge on any atom is 0.392 e. The fraction of sp³-hybridized carbons (Fsp3) is 0.571. The van der Waals surface area contributed by atoms with Crippen LogP contribution in [0.4, 0.5) is 17.6 Å². The van der Waals surface area contributed by atoms with Crippen molar-refractivity contribution in [2.75, 3.05) is 0 Å². The van der Waals surface area contributed by atoms with Gasteiger partial charge in [0.25, 0.3) is 0 Å². The summed E-state index contributed by atoms with van der Waals surface area (Å²) in [4.78, 5) is 0. The SMILES string of the molecule is OC(c1cc(F)ccc1Cl)C1CCCCC1C(F)(F)F. The highest BCUT2D eigenvalue weighted by molar-refractivity contribution is 6.31. The molecule has 0 bridgehead atoms. The molecule has 0 radical (unpaired) electrons. The summed E-state index contributed by atoms with van der Waals surface area (Å²) >= 11 is 5.86. The molecule has 1 aromatic carbocycles. The molecule has 0 saturated heterocycles. The summed E-state index contributed by atoms with van der Waals surface area (Å²) in [6.45, 7) is 0. The minimum atomic E-state index is -4.36. The van der Waals surface area contributed by atoms with Crippen molar-refractivity contribution in [3.8, 4) is 0 Å². The highest BCUT2D eigenvalue weighted by Crippen LogP contribution is 2.47. The van der Waals surface area contributed by atoms with E-state index in [4.69, 9.17) is 11.6 Å². The van der Waals surface area contributed by atoms with Gasteiger partial charge in [0.2, 0.25) is 0 Å². The Bertz CT molecular complexity index is 475. The lowest BCUT2D eigenvalue weighted by Gasteiger charge is -2.36. The van der Waals surface area contributed by atoms with Gasteiger partial charge >= 0.3 is 6.18 Å². The number of rotatable bonds is 2. The van der Waals surface area contributed by atoms with Gasteiger partial charge < -0.3 is 5.11 Å². The quantitative estimate of drug-likeness (QED) is 0.772. The van der Waals surface area contributed by atoms with Crippen molar-refractivity contribution in [1.82, 2.24) is 0 Å². The maximum atomic E-state index is 13.2. The number of aliphatic hydroxyl groups excluding tert-OH is 1. The second-order valence-corrected chi connectivity index (χ2v) is 5.61. The molecule has 0 aliphatic heterocycles. The number of hydrogen-bond donors (Lipinski definition) is 1. The molecule has 1 aliphatic rings. The standard InChI is InChI=1S/C14H15ClF4O/c15-12-6-5-8(16)7-10(12)13(20)9-3-1-2-4-11(9)14(17,18)19/h5-7,9,11,13,20H,1-4H2. The Morgan fingerprint density at radius 2 is 1.85 bits per heavy atom. The van der Waals surface area contributed by atoms with Crippen molar-refractivity contribution >= 4 is 11.6 Å². The molecule has 3 atom stereocenters. The first-order chi connectivity index (χ1) is 9.30. The van der Waals surface area contributed by atoms with E-state index in [0.717, 1.165) is 12.1 Å². The van der Waals surface area contributed by atoms with Crippen LogP contribution in [-0.2, 0) is 0 Å². The van der Waals surface area contributed by atoms with E-state index < -0.39 is 29.9 Å². The topological polar surface area (TPSA) is 20.2 Å². The molecule has 1 saturated carbocycles. The molecule has 0 amide bonds. The smallest absolute Gasteiger partial charge is 0.388 e. The third kappa shape index (κ3) is 3.26. The van der Waals surface area contributed by atoms with Gasteiger partial charge in [-0.2, -0.15) is 13.2 Å². The number of alkyl halides is 3. The van der Waals surface area contributed by atoms with E-state index in [0.29, 0.717) is 12.8 Å². The van der Waals surface area contributed by atoms with Gasteiger partial charge in [0.05, 0.1) is 12.0 Å². The predicted octanol–water partition coefficient (Wildman–Crippen LogP) is 4.88. The van der Waals surface area contributed by atoms with Crippen molar-refractivity contribution in [3.63, 3.8) is 0 Å². The van der Waals surface area contributed by atoms with Crippen LogP contribution in [0.3, 0.4) is 0 Å². The minimum Gasteiger partial charge on any atom is -0.388 e. The Morgan fingerprint density at radius 1 is 1.20 bits per heavy atom. The molecule has 112 valence electrons. The van der Waals surface area contributed by atoms with E-state index in [1.165, 1.54) is 6.07 Å². The Hall–Kier alpha value is -0.810. The minimum absolute atomic E-state index is 0.00182. The van der Waals surface area contributed by atoms with E-state index in [9.17, 15) is 22.7 Å². The lowest BCUT2D eigenvalue weighted by molar-refractivity contribution is -0.207. The highest BCUT2D eigenvalue weighted by Gasteiger charge is 2.48. The molecular weight excluding hydrogens is 296 g/mol. The van der Waals surface area contributed by atoms with Crippen LogP contribution >= 0.6 is 11.6 Å². The zero-order chi connectivity index (χ0) is 14.9. The first-order valence-electron chi connectivity index (χ1n) is 6.50. The molecule has 1 nitrogen and oxygen atoms in total. The lowest BCUT2D eigenvalue weighted by atomic mass is 9.74. The third-order valence-electron chi connectivity index (χ3n) is 3.92. The van der Waals surface area contributed by atoms with Crippen molar-refractivity contribution in [1.29, 1.82) is 0 Å². The Labute approximate surface area is 119 Å². The van der Waals surface area contributed by atoms with E-state index in [2.05, 4.69) is 0 Å². The van der Waals surface area contributed by atoms with Crippen LogP contribution < -0.4 is 0 Å². The van der Waals surface area contributed by atoms with E-state index in [1.807, 2.05) is 0 Å². The van der Waals surface area contributed by atoms with Crippen LogP contribution in [-0.4, -0.2) is 11.3 Å². The molecule has 1 N–H and O–H groups in total. The van der Waals surface area contributed by atoms with Gasteiger partial charge in [-0.3, -0.25) is 0 Å². The van der Waals surface area contributed by atoms with Crippen LogP contribution in [0.25, 0.3) is 0 Å². The Morgan fingerprint density at radius 3 is 2.50 bits per heavy atom. The molecule has 3 unspecified atom stereocenters. The summed E-state index contributed by atoms with van der Waals surface area (Å²) in [7, 11) is 0. The number of halogens is 5. The van der Waals surface area contributed by atoms with E-state index in [-0.39, 0.29) is 23.4 Å². The lowest BCUT2D eigenvalue weighted by Crippen LogP contribution is -2.36. The monoisotopic (exact) mass is 310 g/mol. The van der Waals surface area contributed by atoms with Gasteiger partial charge in [0.1, 0.15) is 5.82 Å². The normalized spacial score (nSPS) is 25.5. The molecule has 0 aromatic heterocycles. The molecule has 6 heteroatoms. The first kappa shape index (κ1) is 15.6. The average Bonchev–Trinajstić information content (AvgIpc) is 2.40. The zero-order valence-electron chi connectivity index (χ0n) is 10.6. The number of aliphatic hydroxyl groups is 1. The van der Waals surface area contributed by atoms with Gasteiger partial charge in [-0.05, 0) is 31.0 Å². The van der Waals surface area contributed by atoms with Gasteiger partial charge in [-0.1, -0.05) is 24.4 Å². The molecule has 0 heterocycles. The summed E-state index contributed by atoms with van der Waals surface area (Å²) < 4.78 is 52.3. The molecular formula is C14H15ClF4O. The fourth-order valence-corrected chi connectivity index (χ4v) is 3.15. The molecule has 1 aliphatic carbocycles. The molecule has 1 aromatic rings. The van der Waals surface area contributed by atoms with Crippen molar-refractivity contribution < 1.29 is 22.7 Å². The first-order valence-corrected chi connectivity index (χ1v) is 6.88. The van der Waals surface area contributed by atoms with Crippen molar-refractivity contribution in [2.24, 2.45) is 11.8 Å². The van der Waals surface area contributed by atoms with Crippen LogP contribution in [0, 0.1) is 17.7 Å².